The van der Waals surface area contributed by atoms with Crippen molar-refractivity contribution in [2.24, 2.45) is 0 Å². The van der Waals surface area contributed by atoms with Crippen molar-refractivity contribution in [2.45, 2.75) is 43.9 Å². The number of hydrogen-bond acceptors (Lipinski definition) is 3. The van der Waals surface area contributed by atoms with Crippen molar-refractivity contribution in [3.63, 3.8) is 0 Å². The van der Waals surface area contributed by atoms with Gasteiger partial charge >= 0.3 is 51.4 Å². The van der Waals surface area contributed by atoms with Gasteiger partial charge in [0.05, 0.1) is 4.90 Å². The smallest absolute Gasteiger partial charge is 0.744 e. The van der Waals surface area contributed by atoms with Gasteiger partial charge in [0.25, 0.3) is 0 Å². The molecule has 0 spiro atoms. The van der Waals surface area contributed by atoms with Crippen LogP contribution in [0, 0.1) is 0 Å². The van der Waals surface area contributed by atoms with Crippen LogP contribution in [0.4, 0.5) is 0 Å². The summed E-state index contributed by atoms with van der Waals surface area (Å²) in [6, 6.07) is 10.6. The van der Waals surface area contributed by atoms with Crippen LogP contribution in [0.1, 0.15) is 38.2 Å². The molecule has 0 aliphatic carbocycles. The van der Waals surface area contributed by atoms with E-state index in [1.165, 1.54) is 18.6 Å². The van der Waals surface area contributed by atoms with E-state index in [0.29, 0.717) is 0 Å². The van der Waals surface area contributed by atoms with Gasteiger partial charge in [0, 0.05) is 0 Å². The van der Waals surface area contributed by atoms with E-state index in [-0.39, 0.29) is 56.3 Å². The summed E-state index contributed by atoms with van der Waals surface area (Å²) in [5, 5.41) is 1.85. The fraction of sp³-hybridized carbons (Fsp3) is 0.375. The summed E-state index contributed by atoms with van der Waals surface area (Å²) in [7, 11) is -4.40. The number of aryl methyl sites for hydroxylation is 1. The first-order chi connectivity index (χ1) is 9.52. The zero-order valence-electron chi connectivity index (χ0n) is 12.6. The summed E-state index contributed by atoms with van der Waals surface area (Å²) in [5.74, 6) is 0. The van der Waals surface area contributed by atoms with Gasteiger partial charge < -0.3 is 4.55 Å². The first kappa shape index (κ1) is 19.3. The van der Waals surface area contributed by atoms with Crippen LogP contribution in [-0.4, -0.2) is 13.0 Å². The van der Waals surface area contributed by atoms with Crippen LogP contribution in [0.2, 0.25) is 0 Å². The molecule has 3 nitrogen and oxygen atoms in total. The predicted octanol–water partition coefficient (Wildman–Crippen LogP) is 0.871. The van der Waals surface area contributed by atoms with Crippen LogP contribution in [0.5, 0.6) is 0 Å². The van der Waals surface area contributed by atoms with Crippen LogP contribution in [0.25, 0.3) is 10.8 Å². The van der Waals surface area contributed by atoms with Gasteiger partial charge in [-0.05, 0) is 41.3 Å². The van der Waals surface area contributed by atoms with Gasteiger partial charge in [-0.2, -0.15) is 0 Å². The molecule has 0 saturated heterocycles. The van der Waals surface area contributed by atoms with E-state index in [2.05, 4.69) is 6.92 Å². The maximum absolute atomic E-state index is 11.2. The molecule has 21 heavy (non-hydrogen) atoms. The standard InChI is InChI=1S/C16H20O3S.K/c1-2-3-4-5-8-13-11-15(20(17,18)19)12-14-9-6-7-10-16(13)14;/h6-7,9-12H,2-5,8H2,1H3,(H,17,18,19);/q;+1/p-1. The molecule has 2 aromatic carbocycles. The molecule has 0 unspecified atom stereocenters. The Kier molecular flexibility index (Phi) is 8.06. The fourth-order valence-electron chi connectivity index (χ4n) is 2.45. The Balaban J connectivity index is 0.00000220. The SMILES string of the molecule is CCCCCCc1cc(S(=O)(=O)[O-])cc2ccccc12.[K+]. The van der Waals surface area contributed by atoms with Crippen LogP contribution < -0.4 is 51.4 Å². The minimum Gasteiger partial charge on any atom is -0.744 e. The Hall–Kier alpha value is 0.246. The van der Waals surface area contributed by atoms with Crippen molar-refractivity contribution in [1.82, 2.24) is 0 Å². The van der Waals surface area contributed by atoms with Gasteiger partial charge in [-0.1, -0.05) is 50.5 Å². The van der Waals surface area contributed by atoms with Crippen LogP contribution in [-0.2, 0) is 16.5 Å². The van der Waals surface area contributed by atoms with Crippen molar-refractivity contribution in [2.75, 3.05) is 0 Å². The molecule has 0 aliphatic rings. The van der Waals surface area contributed by atoms with Crippen LogP contribution in [0.3, 0.4) is 0 Å². The molecule has 2 rings (SSSR count). The summed E-state index contributed by atoms with van der Waals surface area (Å²) in [6.07, 6.45) is 5.29. The fourth-order valence-corrected chi connectivity index (χ4v) is 3.01. The average molecular weight is 330 g/mol. The number of unbranched alkanes of at least 4 members (excludes halogenated alkanes) is 3. The predicted molar refractivity (Wildman–Crippen MR) is 79.8 cm³/mol. The van der Waals surface area contributed by atoms with Crippen molar-refractivity contribution in [3.05, 3.63) is 42.0 Å². The van der Waals surface area contributed by atoms with E-state index in [4.69, 9.17) is 0 Å². The number of fused-ring (bicyclic) bond motifs is 1. The van der Waals surface area contributed by atoms with Crippen molar-refractivity contribution >= 4 is 20.9 Å². The molecule has 0 bridgehead atoms. The van der Waals surface area contributed by atoms with Gasteiger partial charge in [0.15, 0.2) is 0 Å². The third-order valence-corrected chi connectivity index (χ3v) is 4.32. The first-order valence-corrected chi connectivity index (χ1v) is 8.41. The second-order valence-corrected chi connectivity index (χ2v) is 6.45. The molecule has 0 aliphatic heterocycles. The molecule has 0 amide bonds. The Morgan fingerprint density at radius 3 is 2.43 bits per heavy atom. The van der Waals surface area contributed by atoms with Crippen LogP contribution >= 0.6 is 0 Å². The number of rotatable bonds is 6. The summed E-state index contributed by atoms with van der Waals surface area (Å²) < 4.78 is 33.7. The monoisotopic (exact) mass is 330 g/mol. The largest absolute Gasteiger partial charge is 1.00 e. The topological polar surface area (TPSA) is 57.2 Å². The molecule has 0 fully saturated rings. The van der Waals surface area contributed by atoms with E-state index in [1.807, 2.05) is 24.3 Å². The molecule has 2 aromatic rings. The molecule has 108 valence electrons. The normalized spacial score (nSPS) is 11.3. The summed E-state index contributed by atoms with van der Waals surface area (Å²) in [6.45, 7) is 2.15. The maximum atomic E-state index is 11.2. The van der Waals surface area contributed by atoms with Crippen molar-refractivity contribution < 1.29 is 64.4 Å². The molecule has 0 saturated carbocycles. The van der Waals surface area contributed by atoms with E-state index in [1.54, 1.807) is 0 Å². The number of benzene rings is 2. The molecule has 0 heterocycles. The zero-order valence-corrected chi connectivity index (χ0v) is 16.6. The second kappa shape index (κ2) is 8.77. The van der Waals surface area contributed by atoms with Crippen LogP contribution in [0.15, 0.2) is 41.3 Å². The molecular weight excluding hydrogens is 311 g/mol. The Morgan fingerprint density at radius 2 is 1.76 bits per heavy atom. The Bertz CT molecular complexity index is 696. The molecular formula is C16H19KO3S. The molecule has 0 atom stereocenters. The van der Waals surface area contributed by atoms with Gasteiger partial charge in [0.2, 0.25) is 0 Å². The van der Waals surface area contributed by atoms with Gasteiger partial charge in [0.1, 0.15) is 10.1 Å². The minimum absolute atomic E-state index is 0. The minimum atomic E-state index is -4.40. The molecule has 0 N–H and O–H groups in total. The molecule has 0 aromatic heterocycles. The van der Waals surface area contributed by atoms with Crippen molar-refractivity contribution in [1.29, 1.82) is 0 Å². The quantitative estimate of drug-likeness (QED) is 0.449. The Morgan fingerprint density at radius 1 is 1.05 bits per heavy atom. The molecule has 0 radical (unpaired) electrons. The van der Waals surface area contributed by atoms with E-state index in [9.17, 15) is 13.0 Å². The molecule has 5 heteroatoms. The van der Waals surface area contributed by atoms with Gasteiger partial charge in [-0.25, -0.2) is 8.42 Å². The maximum Gasteiger partial charge on any atom is 1.00 e. The zero-order chi connectivity index (χ0) is 14.6. The number of hydrogen-bond donors (Lipinski definition) is 0. The second-order valence-electron chi connectivity index (χ2n) is 5.07. The van der Waals surface area contributed by atoms with Gasteiger partial charge in [-0.15, -0.1) is 0 Å². The summed E-state index contributed by atoms with van der Waals surface area (Å²) in [4.78, 5) is -0.123. The van der Waals surface area contributed by atoms with Gasteiger partial charge in [-0.3, -0.25) is 0 Å². The summed E-state index contributed by atoms with van der Waals surface area (Å²) >= 11 is 0. The summed E-state index contributed by atoms with van der Waals surface area (Å²) in [5.41, 5.74) is 0.952. The van der Waals surface area contributed by atoms with E-state index in [0.717, 1.165) is 42.0 Å². The third kappa shape index (κ3) is 5.43. The average Bonchev–Trinajstić information content (AvgIpc) is 2.42. The van der Waals surface area contributed by atoms with E-state index < -0.39 is 10.1 Å². The van der Waals surface area contributed by atoms with Crippen molar-refractivity contribution in [3.8, 4) is 0 Å². The first-order valence-electron chi connectivity index (χ1n) is 7.00. The Labute approximate surface area is 169 Å². The third-order valence-electron chi connectivity index (χ3n) is 3.51. The van der Waals surface area contributed by atoms with E-state index >= 15 is 0 Å².